The molecule has 4 N–H and O–H groups in total. The third-order valence-electron chi connectivity index (χ3n) is 5.44. The van der Waals surface area contributed by atoms with Crippen LogP contribution in [0.25, 0.3) is 0 Å². The Balaban J connectivity index is 1.97. The maximum absolute atomic E-state index is 13.0. The summed E-state index contributed by atoms with van der Waals surface area (Å²) in [5, 5.41) is 18.5. The van der Waals surface area contributed by atoms with Gasteiger partial charge in [0.1, 0.15) is 17.7 Å². The van der Waals surface area contributed by atoms with Crippen LogP contribution in [0.1, 0.15) is 73.1 Å². The summed E-state index contributed by atoms with van der Waals surface area (Å²) in [6, 6.07) is -2.21. The molecule has 1 aliphatic heterocycles. The number of amides is 4. The molecule has 4 atom stereocenters. The highest BCUT2D eigenvalue weighted by molar-refractivity contribution is 5.92. The second kappa shape index (κ2) is 11.0. The summed E-state index contributed by atoms with van der Waals surface area (Å²) < 4.78 is 5.19. The average Bonchev–Trinajstić information content (AvgIpc) is 3.36. The molecule has 3 unspecified atom stereocenters. The summed E-state index contributed by atoms with van der Waals surface area (Å²) in [4.78, 5) is 51.6. The fourth-order valence-electron chi connectivity index (χ4n) is 3.69. The Morgan fingerprint density at radius 1 is 1.12 bits per heavy atom. The van der Waals surface area contributed by atoms with E-state index < -0.39 is 47.7 Å². The van der Waals surface area contributed by atoms with E-state index in [0.29, 0.717) is 32.2 Å². The molecule has 10 heteroatoms. The van der Waals surface area contributed by atoms with Crippen LogP contribution in [0.5, 0.6) is 0 Å². The van der Waals surface area contributed by atoms with Gasteiger partial charge in [0.25, 0.3) is 5.91 Å². The number of likely N-dealkylation sites (tertiary alicyclic amines) is 1. The second-order valence-corrected chi connectivity index (χ2v) is 9.69. The first-order valence-corrected chi connectivity index (χ1v) is 11.5. The van der Waals surface area contributed by atoms with Crippen molar-refractivity contribution in [2.24, 2.45) is 0 Å². The largest absolute Gasteiger partial charge is 0.444 e. The number of alkyl carbamates (subject to hydrolysis) is 1. The van der Waals surface area contributed by atoms with E-state index in [2.05, 4.69) is 16.0 Å². The Bertz CT molecular complexity index is 703. The molecule has 1 aliphatic carbocycles. The first-order chi connectivity index (χ1) is 14.9. The van der Waals surface area contributed by atoms with Crippen LogP contribution >= 0.6 is 0 Å². The molecule has 1 saturated heterocycles. The van der Waals surface area contributed by atoms with Gasteiger partial charge in [0.05, 0.1) is 6.04 Å². The SMILES string of the molecule is CCCC(NC(=O)C1CCCN1C(=O)[C@H](C)NC(=O)OC(C)(C)C)C(O)C(=O)NC1CC1. The molecule has 0 spiro atoms. The summed E-state index contributed by atoms with van der Waals surface area (Å²) in [5.41, 5.74) is -0.691. The van der Waals surface area contributed by atoms with Crippen molar-refractivity contribution in [2.75, 3.05) is 6.54 Å². The number of carbonyl (C=O) groups is 4. The van der Waals surface area contributed by atoms with Gasteiger partial charge in [-0.25, -0.2) is 4.79 Å². The Morgan fingerprint density at radius 2 is 1.78 bits per heavy atom. The first-order valence-electron chi connectivity index (χ1n) is 11.5. The van der Waals surface area contributed by atoms with Crippen molar-refractivity contribution < 1.29 is 29.0 Å². The third kappa shape index (κ3) is 7.65. The van der Waals surface area contributed by atoms with E-state index in [1.54, 1.807) is 27.7 Å². The van der Waals surface area contributed by atoms with E-state index in [1.807, 2.05) is 6.92 Å². The molecule has 2 rings (SSSR count). The molecular formula is C22H38N4O6. The van der Waals surface area contributed by atoms with Gasteiger partial charge in [-0.3, -0.25) is 14.4 Å². The molecule has 0 aromatic heterocycles. The number of nitrogens with zero attached hydrogens (tertiary/aromatic N) is 1. The van der Waals surface area contributed by atoms with Gasteiger partial charge in [-0.15, -0.1) is 0 Å². The van der Waals surface area contributed by atoms with Crippen LogP contribution in [-0.4, -0.2) is 76.2 Å². The molecule has 2 fully saturated rings. The maximum Gasteiger partial charge on any atom is 0.408 e. The van der Waals surface area contributed by atoms with Crippen molar-refractivity contribution in [1.29, 1.82) is 0 Å². The summed E-state index contributed by atoms with van der Waals surface area (Å²) in [6.45, 7) is 9.02. The number of nitrogens with one attached hydrogen (secondary N) is 3. The lowest BCUT2D eigenvalue weighted by molar-refractivity contribution is -0.141. The highest BCUT2D eigenvalue weighted by Crippen LogP contribution is 2.21. The highest BCUT2D eigenvalue weighted by Gasteiger charge is 2.39. The number of aliphatic hydroxyl groups is 1. The molecule has 182 valence electrons. The molecule has 10 nitrogen and oxygen atoms in total. The predicted molar refractivity (Wildman–Crippen MR) is 118 cm³/mol. The topological polar surface area (TPSA) is 137 Å². The predicted octanol–water partition coefficient (Wildman–Crippen LogP) is 0.815. The number of carbonyl (C=O) groups excluding carboxylic acids is 4. The summed E-state index contributed by atoms with van der Waals surface area (Å²) >= 11 is 0. The maximum atomic E-state index is 13.0. The van der Waals surface area contributed by atoms with Crippen molar-refractivity contribution in [3.05, 3.63) is 0 Å². The molecule has 0 aromatic carbocycles. The Morgan fingerprint density at radius 3 is 2.34 bits per heavy atom. The Kier molecular flexibility index (Phi) is 8.89. The van der Waals surface area contributed by atoms with Gasteiger partial charge in [0, 0.05) is 12.6 Å². The third-order valence-corrected chi connectivity index (χ3v) is 5.44. The van der Waals surface area contributed by atoms with Gasteiger partial charge < -0.3 is 30.7 Å². The van der Waals surface area contributed by atoms with Crippen LogP contribution < -0.4 is 16.0 Å². The van der Waals surface area contributed by atoms with E-state index in [9.17, 15) is 24.3 Å². The fourth-order valence-corrected chi connectivity index (χ4v) is 3.69. The molecule has 2 aliphatic rings. The monoisotopic (exact) mass is 454 g/mol. The molecule has 32 heavy (non-hydrogen) atoms. The van der Waals surface area contributed by atoms with Crippen molar-refractivity contribution in [3.63, 3.8) is 0 Å². The fraction of sp³-hybridized carbons (Fsp3) is 0.818. The van der Waals surface area contributed by atoms with Gasteiger partial charge in [-0.2, -0.15) is 0 Å². The quantitative estimate of drug-likeness (QED) is 0.407. The molecule has 0 bridgehead atoms. The van der Waals surface area contributed by atoms with Crippen LogP contribution in [0.4, 0.5) is 4.79 Å². The van der Waals surface area contributed by atoms with E-state index in [0.717, 1.165) is 12.8 Å². The van der Waals surface area contributed by atoms with Crippen LogP contribution in [0.15, 0.2) is 0 Å². The summed E-state index contributed by atoms with van der Waals surface area (Å²) in [7, 11) is 0. The Labute approximate surface area is 189 Å². The molecule has 4 amide bonds. The number of aliphatic hydroxyl groups excluding tert-OH is 1. The smallest absolute Gasteiger partial charge is 0.408 e. The van der Waals surface area contributed by atoms with Crippen molar-refractivity contribution in [3.8, 4) is 0 Å². The minimum absolute atomic E-state index is 0.108. The number of rotatable bonds is 9. The number of hydrogen-bond donors (Lipinski definition) is 4. The van der Waals surface area contributed by atoms with Crippen LogP contribution in [0.2, 0.25) is 0 Å². The lowest BCUT2D eigenvalue weighted by Crippen LogP contribution is -2.57. The van der Waals surface area contributed by atoms with Gasteiger partial charge >= 0.3 is 6.09 Å². The van der Waals surface area contributed by atoms with E-state index in [1.165, 1.54) is 4.90 Å². The molecule has 0 aromatic rings. The van der Waals surface area contributed by atoms with Crippen molar-refractivity contribution >= 4 is 23.8 Å². The van der Waals surface area contributed by atoms with Crippen LogP contribution in [0, 0.1) is 0 Å². The number of hydrogen-bond acceptors (Lipinski definition) is 6. The first kappa shape index (κ1) is 25.9. The lowest BCUT2D eigenvalue weighted by Gasteiger charge is -2.30. The minimum Gasteiger partial charge on any atom is -0.444 e. The second-order valence-electron chi connectivity index (χ2n) is 9.69. The molecule has 0 radical (unpaired) electrons. The van der Waals surface area contributed by atoms with Gasteiger partial charge in [0.15, 0.2) is 6.10 Å². The minimum atomic E-state index is -1.35. The summed E-state index contributed by atoms with van der Waals surface area (Å²) in [5.74, 6) is -1.27. The zero-order valence-corrected chi connectivity index (χ0v) is 19.8. The molecule has 1 heterocycles. The van der Waals surface area contributed by atoms with Crippen LogP contribution in [0.3, 0.4) is 0 Å². The van der Waals surface area contributed by atoms with Gasteiger partial charge in [-0.1, -0.05) is 13.3 Å². The molecular weight excluding hydrogens is 416 g/mol. The number of ether oxygens (including phenoxy) is 1. The Hall–Kier alpha value is -2.36. The normalized spacial score (nSPS) is 21.3. The highest BCUT2D eigenvalue weighted by atomic mass is 16.6. The van der Waals surface area contributed by atoms with E-state index in [4.69, 9.17) is 4.74 Å². The molecule has 1 saturated carbocycles. The van der Waals surface area contributed by atoms with E-state index in [-0.39, 0.29) is 11.9 Å². The summed E-state index contributed by atoms with van der Waals surface area (Å²) in [6.07, 6.45) is 1.97. The van der Waals surface area contributed by atoms with Gasteiger partial charge in [-0.05, 0) is 59.8 Å². The van der Waals surface area contributed by atoms with Crippen molar-refractivity contribution in [1.82, 2.24) is 20.9 Å². The zero-order chi connectivity index (χ0) is 24.1. The van der Waals surface area contributed by atoms with Crippen LogP contribution in [-0.2, 0) is 19.1 Å². The van der Waals surface area contributed by atoms with E-state index >= 15 is 0 Å². The zero-order valence-electron chi connectivity index (χ0n) is 19.8. The average molecular weight is 455 g/mol. The van der Waals surface area contributed by atoms with Gasteiger partial charge in [0.2, 0.25) is 11.8 Å². The standard InChI is InChI=1S/C22H38N4O6/c1-6-8-15(17(27)19(29)24-14-10-11-14)25-18(28)16-9-7-12-26(16)20(30)13(2)23-21(31)32-22(3,4)5/h13-17,27H,6-12H2,1-5H3,(H,23,31)(H,24,29)(H,25,28)/t13-,15?,16?,17?/m0/s1. The van der Waals surface area contributed by atoms with Crippen molar-refractivity contribution in [2.45, 2.75) is 109 Å². The lowest BCUT2D eigenvalue weighted by atomic mass is 10.0.